The minimum Gasteiger partial charge on any atom is -0.305 e. The molecule has 0 saturated heterocycles. The van der Waals surface area contributed by atoms with Gasteiger partial charge in [0.05, 0.1) is 6.42 Å². The third-order valence-electron chi connectivity index (χ3n) is 4.69. The molecule has 0 aromatic heterocycles. The molecule has 0 unspecified atom stereocenters. The lowest BCUT2D eigenvalue weighted by atomic mass is 9.99. The van der Waals surface area contributed by atoms with Crippen LogP contribution in [0.2, 0.25) is 0 Å². The number of nitrogens with zero attached hydrogens (tertiary/aromatic N) is 1. The molecule has 0 radical (unpaired) electrons. The molecule has 0 aliphatic rings. The Morgan fingerprint density at radius 3 is 2.20 bits per heavy atom. The molecule has 156 valence electrons. The fourth-order valence-electron chi connectivity index (χ4n) is 3.28. The molecule has 0 saturated carbocycles. The van der Waals surface area contributed by atoms with Crippen molar-refractivity contribution in [1.82, 2.24) is 15.9 Å². The van der Waals surface area contributed by atoms with Gasteiger partial charge in [-0.2, -0.15) is 0 Å². The monoisotopic (exact) mass is 407 g/mol. The van der Waals surface area contributed by atoms with Crippen molar-refractivity contribution in [3.63, 3.8) is 0 Å². The molecule has 7 nitrogen and oxygen atoms in total. The SMILES string of the molecule is CN(C)Cc1ccc(CONC(=O)Cc2ccc(C(=O)NO)cc2)c2ccccc12. The lowest BCUT2D eigenvalue weighted by molar-refractivity contribution is -0.133. The molecule has 3 N–H and O–H groups in total. The van der Waals surface area contributed by atoms with E-state index in [1.165, 1.54) is 23.1 Å². The van der Waals surface area contributed by atoms with Crippen molar-refractivity contribution >= 4 is 22.6 Å². The highest BCUT2D eigenvalue weighted by Crippen LogP contribution is 2.24. The summed E-state index contributed by atoms with van der Waals surface area (Å²) in [4.78, 5) is 31.1. The third-order valence-corrected chi connectivity index (χ3v) is 4.69. The minimum absolute atomic E-state index is 0.115. The van der Waals surface area contributed by atoms with Crippen molar-refractivity contribution in [2.24, 2.45) is 0 Å². The Bertz CT molecular complexity index is 1030. The molecular formula is C23H25N3O4. The van der Waals surface area contributed by atoms with Gasteiger partial charge >= 0.3 is 0 Å². The van der Waals surface area contributed by atoms with E-state index >= 15 is 0 Å². The summed E-state index contributed by atoms with van der Waals surface area (Å²) in [7, 11) is 4.08. The van der Waals surface area contributed by atoms with E-state index in [9.17, 15) is 9.59 Å². The number of carbonyl (C=O) groups excluding carboxylic acids is 2. The normalized spacial score (nSPS) is 10.9. The summed E-state index contributed by atoms with van der Waals surface area (Å²) in [6, 6.07) is 18.7. The number of hydrogen-bond donors (Lipinski definition) is 3. The third kappa shape index (κ3) is 5.42. The van der Waals surface area contributed by atoms with E-state index in [0.29, 0.717) is 5.56 Å². The fourth-order valence-corrected chi connectivity index (χ4v) is 3.28. The van der Waals surface area contributed by atoms with E-state index in [2.05, 4.69) is 28.6 Å². The Labute approximate surface area is 175 Å². The smallest absolute Gasteiger partial charge is 0.274 e. The average molecular weight is 407 g/mol. The lowest BCUT2D eigenvalue weighted by Gasteiger charge is -2.15. The lowest BCUT2D eigenvalue weighted by Crippen LogP contribution is -2.25. The van der Waals surface area contributed by atoms with Gasteiger partial charge in [-0.3, -0.25) is 19.6 Å². The average Bonchev–Trinajstić information content (AvgIpc) is 2.75. The van der Waals surface area contributed by atoms with E-state index < -0.39 is 5.91 Å². The predicted octanol–water partition coefficient (Wildman–Crippen LogP) is 2.81. The second-order valence-electron chi connectivity index (χ2n) is 7.30. The molecule has 3 rings (SSSR count). The van der Waals surface area contributed by atoms with Crippen LogP contribution in [0.3, 0.4) is 0 Å². The summed E-state index contributed by atoms with van der Waals surface area (Å²) < 4.78 is 0. The summed E-state index contributed by atoms with van der Waals surface area (Å²) in [5.74, 6) is -0.888. The van der Waals surface area contributed by atoms with Crippen molar-refractivity contribution in [2.75, 3.05) is 14.1 Å². The highest BCUT2D eigenvalue weighted by atomic mass is 16.6. The van der Waals surface area contributed by atoms with Crippen LogP contribution >= 0.6 is 0 Å². The van der Waals surface area contributed by atoms with Crippen LogP contribution in [0.1, 0.15) is 27.0 Å². The maximum absolute atomic E-state index is 12.2. The summed E-state index contributed by atoms with van der Waals surface area (Å²) in [6.07, 6.45) is 0.115. The number of nitrogens with one attached hydrogen (secondary N) is 2. The van der Waals surface area contributed by atoms with Gasteiger partial charge in [0, 0.05) is 12.1 Å². The van der Waals surface area contributed by atoms with Gasteiger partial charge in [0.25, 0.3) is 5.91 Å². The summed E-state index contributed by atoms with van der Waals surface area (Å²) >= 11 is 0. The van der Waals surface area contributed by atoms with Crippen LogP contribution in [0.5, 0.6) is 0 Å². The van der Waals surface area contributed by atoms with Gasteiger partial charge in [0.2, 0.25) is 5.91 Å². The number of hydroxylamine groups is 2. The molecule has 2 amide bonds. The fraction of sp³-hybridized carbons (Fsp3) is 0.217. The van der Waals surface area contributed by atoms with Crippen LogP contribution in [0.15, 0.2) is 60.7 Å². The maximum atomic E-state index is 12.2. The molecule has 7 heteroatoms. The quantitative estimate of drug-likeness (QED) is 0.395. The molecule has 3 aromatic carbocycles. The van der Waals surface area contributed by atoms with Gasteiger partial charge in [-0.05, 0) is 53.7 Å². The van der Waals surface area contributed by atoms with E-state index in [-0.39, 0.29) is 18.9 Å². The van der Waals surface area contributed by atoms with Crippen molar-refractivity contribution in [2.45, 2.75) is 19.6 Å². The number of amides is 2. The Balaban J connectivity index is 1.59. The predicted molar refractivity (Wildman–Crippen MR) is 114 cm³/mol. The van der Waals surface area contributed by atoms with Crippen LogP contribution in [0.25, 0.3) is 10.8 Å². The molecule has 0 spiro atoms. The molecule has 0 aliphatic carbocycles. The van der Waals surface area contributed by atoms with Crippen LogP contribution in [0, 0.1) is 0 Å². The Morgan fingerprint density at radius 1 is 0.933 bits per heavy atom. The Morgan fingerprint density at radius 2 is 1.57 bits per heavy atom. The standard InChI is InChI=1S/C23H25N3O4/c1-26(2)14-18-11-12-19(21-6-4-3-5-20(18)21)15-30-25-22(27)13-16-7-9-17(10-8-16)23(28)24-29/h3-12,29H,13-15H2,1-2H3,(H,24,28)(H,25,27). The molecule has 30 heavy (non-hydrogen) atoms. The second kappa shape index (κ2) is 9.98. The summed E-state index contributed by atoms with van der Waals surface area (Å²) in [5, 5.41) is 10.9. The number of rotatable bonds is 8. The molecule has 3 aromatic rings. The second-order valence-corrected chi connectivity index (χ2v) is 7.30. The highest BCUT2D eigenvalue weighted by Gasteiger charge is 2.09. The van der Waals surface area contributed by atoms with E-state index in [1.807, 2.05) is 32.3 Å². The zero-order valence-corrected chi connectivity index (χ0v) is 17.0. The number of carbonyl (C=O) groups is 2. The zero-order chi connectivity index (χ0) is 21.5. The molecular weight excluding hydrogens is 382 g/mol. The van der Waals surface area contributed by atoms with Crippen LogP contribution in [-0.2, 0) is 29.2 Å². The topological polar surface area (TPSA) is 90.9 Å². The van der Waals surface area contributed by atoms with Gasteiger partial charge in [-0.1, -0.05) is 48.5 Å². The van der Waals surface area contributed by atoms with Gasteiger partial charge < -0.3 is 4.90 Å². The summed E-state index contributed by atoms with van der Waals surface area (Å²) in [5.41, 5.74) is 7.31. The first kappa shape index (κ1) is 21.4. The van der Waals surface area contributed by atoms with Gasteiger partial charge in [0.1, 0.15) is 6.61 Å². The number of benzene rings is 3. The first-order valence-corrected chi connectivity index (χ1v) is 9.56. The van der Waals surface area contributed by atoms with Crippen molar-refractivity contribution in [3.8, 4) is 0 Å². The number of fused-ring (bicyclic) bond motifs is 1. The minimum atomic E-state index is -0.599. The van der Waals surface area contributed by atoms with Gasteiger partial charge in [-0.25, -0.2) is 11.0 Å². The largest absolute Gasteiger partial charge is 0.305 e. The molecule has 0 atom stereocenters. The van der Waals surface area contributed by atoms with Gasteiger partial charge in [-0.15, -0.1) is 0 Å². The zero-order valence-electron chi connectivity index (χ0n) is 17.0. The van der Waals surface area contributed by atoms with Crippen LogP contribution < -0.4 is 11.0 Å². The molecule has 0 aliphatic heterocycles. The highest BCUT2D eigenvalue weighted by molar-refractivity contribution is 5.93. The van der Waals surface area contributed by atoms with E-state index in [0.717, 1.165) is 23.1 Å². The summed E-state index contributed by atoms with van der Waals surface area (Å²) in [6.45, 7) is 1.10. The van der Waals surface area contributed by atoms with E-state index in [1.54, 1.807) is 17.6 Å². The van der Waals surface area contributed by atoms with Crippen LogP contribution in [0.4, 0.5) is 0 Å². The van der Waals surface area contributed by atoms with Gasteiger partial charge in [0.15, 0.2) is 0 Å². The first-order valence-electron chi connectivity index (χ1n) is 9.56. The Kier molecular flexibility index (Phi) is 7.13. The molecule has 0 bridgehead atoms. The Hall–Kier alpha value is -3.26. The van der Waals surface area contributed by atoms with Crippen molar-refractivity contribution in [3.05, 3.63) is 82.9 Å². The molecule has 0 fully saturated rings. The van der Waals surface area contributed by atoms with Crippen molar-refractivity contribution in [1.29, 1.82) is 0 Å². The molecule has 0 heterocycles. The first-order chi connectivity index (χ1) is 14.5. The van der Waals surface area contributed by atoms with Crippen LogP contribution in [-0.4, -0.2) is 36.0 Å². The number of hydrogen-bond acceptors (Lipinski definition) is 5. The van der Waals surface area contributed by atoms with E-state index in [4.69, 9.17) is 10.0 Å². The maximum Gasteiger partial charge on any atom is 0.274 e. The van der Waals surface area contributed by atoms with Crippen molar-refractivity contribution < 1.29 is 19.6 Å².